The Hall–Kier alpha value is -6.25. The number of carboxylic acids is 1. The first-order valence-electron chi connectivity index (χ1n) is 22.7. The topological polar surface area (TPSA) is 429 Å². The summed E-state index contributed by atoms with van der Waals surface area (Å²) in [6.07, 6.45) is 0.770. The van der Waals surface area contributed by atoms with Gasteiger partial charge in [0, 0.05) is 18.3 Å². The molecule has 0 aromatic carbocycles. The SMILES string of the molecule is CC[C@H](C)[C@H](NC(=O)[C@H](CC(C)C)NC(=O)[C@H](Cc1cnc[nH]1)NC(=O)[C@H](CC(C)C)NC(=O)[C@@H](NC(=O)[C@H](CO)NC(=O)[C@@H](NC(=O)[C@@H](N)CC(N)=O)C(C)C)[C@@H](C)O)C(=O)N[C@@H](CO)C(=O)O. The summed E-state index contributed by atoms with van der Waals surface area (Å²) < 4.78 is 0. The molecule has 17 N–H and O–H groups in total. The van der Waals surface area contributed by atoms with Crippen LogP contribution in [0.15, 0.2) is 12.5 Å². The molecule has 0 spiro atoms. The zero-order chi connectivity index (χ0) is 52.9. The average molecular weight is 983 g/mol. The molecule has 0 bridgehead atoms. The molecule has 0 aliphatic heterocycles. The van der Waals surface area contributed by atoms with Gasteiger partial charge in [0.25, 0.3) is 0 Å². The van der Waals surface area contributed by atoms with E-state index in [0.29, 0.717) is 12.1 Å². The van der Waals surface area contributed by atoms with Gasteiger partial charge in [0.15, 0.2) is 0 Å². The Labute approximate surface area is 400 Å². The predicted molar refractivity (Wildman–Crippen MR) is 246 cm³/mol. The van der Waals surface area contributed by atoms with Crippen LogP contribution < -0.4 is 54.0 Å². The molecule has 9 amide bonds. The van der Waals surface area contributed by atoms with Crippen molar-refractivity contribution in [3.05, 3.63) is 18.2 Å². The number of aromatic amines is 1. The third kappa shape index (κ3) is 20.9. The average Bonchev–Trinajstić information content (AvgIpc) is 3.78. The smallest absolute Gasteiger partial charge is 0.328 e. The van der Waals surface area contributed by atoms with E-state index in [2.05, 4.69) is 52.5 Å². The standard InChI is InChI=1S/C43H74N12O14/c1-10-22(8)33(41(66)52-30(17-57)43(68)69)54-38(63)27(12-20(4)5)48-37(62)28(13-24-15-46-18-47-24)49-36(61)26(11-19(2)3)50-42(67)34(23(9)58)55-39(64)29(16-56)51-40(65)32(21(6)7)53-35(60)25(44)14-31(45)59/h15,18-23,25-30,32-34,56-58H,10-14,16-17,44H2,1-9H3,(H2,45,59)(H,46,47)(H,48,62)(H,49,61)(H,50,67)(H,51,65)(H,52,66)(H,53,60)(H,54,63)(H,55,64)(H,68,69)/t22-,23+,25-,26-,27-,28-,29-,30-,32-,33-,34-/m0/s1. The van der Waals surface area contributed by atoms with Crippen LogP contribution in [0.4, 0.5) is 0 Å². The van der Waals surface area contributed by atoms with Gasteiger partial charge in [-0.05, 0) is 43.4 Å². The lowest BCUT2D eigenvalue weighted by atomic mass is 9.96. The molecule has 0 unspecified atom stereocenters. The molecule has 26 nitrogen and oxygen atoms in total. The molecule has 1 heterocycles. The summed E-state index contributed by atoms with van der Waals surface area (Å²) in [5.74, 6) is -11.4. The van der Waals surface area contributed by atoms with E-state index in [4.69, 9.17) is 11.5 Å². The second kappa shape index (κ2) is 29.6. The predicted octanol–water partition coefficient (Wildman–Crippen LogP) is -4.72. The Morgan fingerprint density at radius 2 is 1.01 bits per heavy atom. The number of carbonyl (C=O) groups excluding carboxylic acids is 9. The van der Waals surface area contributed by atoms with Crippen LogP contribution in [-0.2, 0) is 54.4 Å². The maximum absolute atomic E-state index is 14.2. The highest BCUT2D eigenvalue weighted by molar-refractivity contribution is 5.98. The molecular weight excluding hydrogens is 909 g/mol. The van der Waals surface area contributed by atoms with Gasteiger partial charge in [-0.25, -0.2) is 9.78 Å². The zero-order valence-corrected chi connectivity index (χ0v) is 40.7. The fraction of sp³-hybridized carbons (Fsp3) is 0.698. The second-order valence-corrected chi connectivity index (χ2v) is 18.2. The second-order valence-electron chi connectivity index (χ2n) is 18.2. The summed E-state index contributed by atoms with van der Waals surface area (Å²) >= 11 is 0. The highest BCUT2D eigenvalue weighted by Gasteiger charge is 2.37. The van der Waals surface area contributed by atoms with Gasteiger partial charge in [0.05, 0.1) is 38.1 Å². The summed E-state index contributed by atoms with van der Waals surface area (Å²) in [5.41, 5.74) is 11.2. The lowest BCUT2D eigenvalue weighted by molar-refractivity contribution is -0.143. The van der Waals surface area contributed by atoms with Crippen molar-refractivity contribution in [1.29, 1.82) is 0 Å². The van der Waals surface area contributed by atoms with Crippen LogP contribution in [0.5, 0.6) is 0 Å². The molecular formula is C43H74N12O14. The van der Waals surface area contributed by atoms with Crippen LogP contribution in [0.2, 0.25) is 0 Å². The number of carbonyl (C=O) groups is 10. The molecule has 1 aromatic rings. The molecule has 0 fully saturated rings. The van der Waals surface area contributed by atoms with Gasteiger partial charge in [0.1, 0.15) is 48.3 Å². The highest BCUT2D eigenvalue weighted by Crippen LogP contribution is 2.13. The minimum Gasteiger partial charge on any atom is -0.480 e. The summed E-state index contributed by atoms with van der Waals surface area (Å²) in [6, 6.07) is -13.2. The largest absolute Gasteiger partial charge is 0.480 e. The van der Waals surface area contributed by atoms with Crippen molar-refractivity contribution >= 4 is 59.1 Å². The number of primary amides is 1. The molecule has 0 aliphatic carbocycles. The van der Waals surface area contributed by atoms with Crippen molar-refractivity contribution in [2.45, 2.75) is 155 Å². The molecule has 69 heavy (non-hydrogen) atoms. The Morgan fingerprint density at radius 1 is 0.594 bits per heavy atom. The van der Waals surface area contributed by atoms with Crippen LogP contribution in [0.25, 0.3) is 0 Å². The molecule has 1 rings (SSSR count). The van der Waals surface area contributed by atoms with E-state index in [0.717, 1.165) is 6.92 Å². The quantitative estimate of drug-likeness (QED) is 0.0332. The lowest BCUT2D eigenvalue weighted by Crippen LogP contribution is -2.63. The van der Waals surface area contributed by atoms with Crippen molar-refractivity contribution < 1.29 is 68.4 Å². The van der Waals surface area contributed by atoms with Crippen molar-refractivity contribution in [1.82, 2.24) is 52.5 Å². The maximum Gasteiger partial charge on any atom is 0.328 e. The van der Waals surface area contributed by atoms with E-state index in [-0.39, 0.29) is 31.1 Å². The number of aliphatic hydroxyl groups is 3. The first kappa shape index (κ1) is 60.8. The van der Waals surface area contributed by atoms with E-state index in [1.54, 1.807) is 55.4 Å². The van der Waals surface area contributed by atoms with E-state index < -0.39 is 151 Å². The number of hydrogen-bond donors (Lipinski definition) is 15. The Kier molecular flexibility index (Phi) is 26.1. The number of aliphatic hydroxyl groups excluding tert-OH is 3. The van der Waals surface area contributed by atoms with E-state index in [1.807, 2.05) is 0 Å². The van der Waals surface area contributed by atoms with Gasteiger partial charge < -0.3 is 79.4 Å². The summed E-state index contributed by atoms with van der Waals surface area (Å²) in [5, 5.41) is 59.1. The van der Waals surface area contributed by atoms with Crippen molar-refractivity contribution in [2.24, 2.45) is 35.1 Å². The van der Waals surface area contributed by atoms with Crippen LogP contribution in [0.3, 0.4) is 0 Å². The molecule has 390 valence electrons. The number of imidazole rings is 1. The van der Waals surface area contributed by atoms with Crippen molar-refractivity contribution in [3.63, 3.8) is 0 Å². The zero-order valence-electron chi connectivity index (χ0n) is 40.7. The first-order valence-corrected chi connectivity index (χ1v) is 22.7. The van der Waals surface area contributed by atoms with Crippen LogP contribution >= 0.6 is 0 Å². The van der Waals surface area contributed by atoms with E-state index in [9.17, 15) is 68.4 Å². The summed E-state index contributed by atoms with van der Waals surface area (Å²) in [6.45, 7) is 12.7. The number of nitrogens with two attached hydrogens (primary N) is 2. The van der Waals surface area contributed by atoms with E-state index >= 15 is 0 Å². The van der Waals surface area contributed by atoms with Gasteiger partial charge in [-0.1, -0.05) is 61.8 Å². The fourth-order valence-corrected chi connectivity index (χ4v) is 6.66. The molecule has 0 saturated heterocycles. The maximum atomic E-state index is 14.2. The molecule has 26 heteroatoms. The molecule has 1 aromatic heterocycles. The van der Waals surface area contributed by atoms with Gasteiger partial charge >= 0.3 is 5.97 Å². The number of aliphatic carboxylic acids is 1. The van der Waals surface area contributed by atoms with E-state index in [1.165, 1.54) is 12.5 Å². The third-order valence-corrected chi connectivity index (χ3v) is 10.8. The molecule has 0 aliphatic rings. The summed E-state index contributed by atoms with van der Waals surface area (Å²) in [7, 11) is 0. The number of hydrogen-bond acceptors (Lipinski definition) is 15. The minimum atomic E-state index is -1.78. The fourth-order valence-electron chi connectivity index (χ4n) is 6.66. The van der Waals surface area contributed by atoms with Crippen LogP contribution in [0.1, 0.15) is 93.7 Å². The first-order chi connectivity index (χ1) is 32.2. The Morgan fingerprint density at radius 3 is 1.46 bits per heavy atom. The van der Waals surface area contributed by atoms with Crippen LogP contribution in [0, 0.1) is 23.7 Å². The number of nitrogens with one attached hydrogen (secondary N) is 9. The Balaban J connectivity index is 3.41. The van der Waals surface area contributed by atoms with Crippen LogP contribution in [-0.4, -0.2) is 163 Å². The number of carboxylic acid groups (broad SMARTS) is 1. The van der Waals surface area contributed by atoms with Crippen molar-refractivity contribution in [3.8, 4) is 0 Å². The number of amides is 9. The third-order valence-electron chi connectivity index (χ3n) is 10.8. The number of aromatic nitrogens is 2. The van der Waals surface area contributed by atoms with Gasteiger partial charge in [-0.3, -0.25) is 43.2 Å². The number of H-pyrrole nitrogens is 1. The summed E-state index contributed by atoms with van der Waals surface area (Å²) in [4.78, 5) is 138. The normalized spacial score (nSPS) is 16.2. The molecule has 0 saturated carbocycles. The minimum absolute atomic E-state index is 0.0341. The van der Waals surface area contributed by atoms with Gasteiger partial charge in [-0.2, -0.15) is 0 Å². The van der Waals surface area contributed by atoms with Crippen molar-refractivity contribution in [2.75, 3.05) is 13.2 Å². The van der Waals surface area contributed by atoms with Gasteiger partial charge in [0.2, 0.25) is 53.2 Å². The monoisotopic (exact) mass is 983 g/mol. The number of nitrogens with zero attached hydrogens (tertiary/aromatic N) is 1. The number of rotatable bonds is 31. The molecule has 0 radical (unpaired) electrons. The molecule has 11 atom stereocenters. The van der Waals surface area contributed by atoms with Gasteiger partial charge in [-0.15, -0.1) is 0 Å². The lowest BCUT2D eigenvalue weighted by Gasteiger charge is -2.30. The Bertz CT molecular complexity index is 1900. The highest BCUT2D eigenvalue weighted by atomic mass is 16.4.